The molecule has 1 saturated heterocycles. The van der Waals surface area contributed by atoms with Crippen LogP contribution in [0.25, 0.3) is 0 Å². The molecule has 2 N–H and O–H groups in total. The summed E-state index contributed by atoms with van der Waals surface area (Å²) in [4.78, 5) is 0. The number of piperidine rings is 1. The Kier molecular flexibility index (Phi) is 5.19. The van der Waals surface area contributed by atoms with Crippen molar-refractivity contribution in [3.05, 3.63) is 35.1 Å². The largest absolute Gasteiger partial charge is 0.317 e. The van der Waals surface area contributed by atoms with Gasteiger partial charge in [0.05, 0.1) is 0 Å². The van der Waals surface area contributed by atoms with Gasteiger partial charge in [0.2, 0.25) is 0 Å². The molecule has 1 aliphatic heterocycles. The number of rotatable bonds is 2. The van der Waals surface area contributed by atoms with E-state index in [2.05, 4.69) is 10.6 Å². The van der Waals surface area contributed by atoms with Crippen LogP contribution in [0.2, 0.25) is 0 Å². The molecule has 0 amide bonds. The maximum atomic E-state index is 13.7. The predicted octanol–water partition coefficient (Wildman–Crippen LogP) is 3.49. The molecule has 0 bridgehead atoms. The van der Waals surface area contributed by atoms with E-state index >= 15 is 0 Å². The molecule has 0 radical (unpaired) electrons. The lowest BCUT2D eigenvalue weighted by molar-refractivity contribution is 0.282. The van der Waals surface area contributed by atoms with Gasteiger partial charge in [-0.05, 0) is 73.9 Å². The maximum absolute atomic E-state index is 13.7. The van der Waals surface area contributed by atoms with Crippen LogP contribution in [-0.4, -0.2) is 19.1 Å². The molecule has 3 aliphatic rings. The Balaban J connectivity index is 0.000000807. The minimum Gasteiger partial charge on any atom is -0.317 e. The molecule has 1 aromatic carbocycles. The molecular formula is C16H23Cl2FN2. The van der Waals surface area contributed by atoms with Crippen molar-refractivity contribution in [2.24, 2.45) is 0 Å². The second-order valence-corrected chi connectivity index (χ2v) is 6.46. The standard InChI is InChI=1S/C16H21FN2.2ClH/c17-11-1-4-13-14(9-11)16(5-7-18-8-6-16)10-15(13)19-12-2-3-12;;/h1,4,9,12,15,18-19H,2-3,5-8,10H2;2*1H. The molecule has 2 aliphatic carbocycles. The van der Waals surface area contributed by atoms with Gasteiger partial charge in [0.1, 0.15) is 5.82 Å². The van der Waals surface area contributed by atoms with Crippen molar-refractivity contribution in [3.8, 4) is 0 Å². The molecule has 2 nitrogen and oxygen atoms in total. The van der Waals surface area contributed by atoms with Gasteiger partial charge in [0.25, 0.3) is 0 Å². The van der Waals surface area contributed by atoms with E-state index in [1.54, 1.807) is 12.1 Å². The molecule has 1 atom stereocenters. The summed E-state index contributed by atoms with van der Waals surface area (Å²) in [7, 11) is 0. The number of halogens is 3. The van der Waals surface area contributed by atoms with Crippen molar-refractivity contribution in [2.75, 3.05) is 13.1 Å². The van der Waals surface area contributed by atoms with E-state index in [1.807, 2.05) is 6.07 Å². The van der Waals surface area contributed by atoms with Gasteiger partial charge in [-0.1, -0.05) is 6.07 Å². The second-order valence-electron chi connectivity index (χ2n) is 6.46. The number of nitrogens with one attached hydrogen (secondary N) is 2. The van der Waals surface area contributed by atoms with Gasteiger partial charge in [0, 0.05) is 12.1 Å². The summed E-state index contributed by atoms with van der Waals surface area (Å²) in [5.41, 5.74) is 2.86. The first-order valence-electron chi connectivity index (χ1n) is 7.54. The summed E-state index contributed by atoms with van der Waals surface area (Å²) in [6, 6.07) is 6.60. The van der Waals surface area contributed by atoms with Crippen molar-refractivity contribution in [1.29, 1.82) is 0 Å². The lowest BCUT2D eigenvalue weighted by Gasteiger charge is -2.35. The molecule has 1 saturated carbocycles. The van der Waals surface area contributed by atoms with E-state index in [1.165, 1.54) is 24.0 Å². The van der Waals surface area contributed by atoms with E-state index in [0.29, 0.717) is 12.1 Å². The third kappa shape index (κ3) is 3.07. The first kappa shape index (κ1) is 17.0. The van der Waals surface area contributed by atoms with Crippen molar-refractivity contribution in [1.82, 2.24) is 10.6 Å². The highest BCUT2D eigenvalue weighted by molar-refractivity contribution is 5.85. The predicted molar refractivity (Wildman–Crippen MR) is 88.2 cm³/mol. The lowest BCUT2D eigenvalue weighted by atomic mass is 9.74. The SMILES string of the molecule is Cl.Cl.Fc1ccc2c(c1)C1(CCNCC1)CC2NC1CC1. The average Bonchev–Trinajstić information content (AvgIpc) is 3.18. The molecule has 1 unspecified atom stereocenters. The molecule has 2 fully saturated rings. The third-order valence-electron chi connectivity index (χ3n) is 5.13. The Morgan fingerprint density at radius 3 is 2.52 bits per heavy atom. The van der Waals surface area contributed by atoms with Gasteiger partial charge in [-0.2, -0.15) is 0 Å². The highest BCUT2D eigenvalue weighted by atomic mass is 35.5. The van der Waals surface area contributed by atoms with Crippen LogP contribution in [0.3, 0.4) is 0 Å². The molecule has 4 rings (SSSR count). The number of fused-ring (bicyclic) bond motifs is 2. The lowest BCUT2D eigenvalue weighted by Crippen LogP contribution is -2.39. The minimum atomic E-state index is -0.0799. The minimum absolute atomic E-state index is 0. The molecule has 1 spiro atoms. The van der Waals surface area contributed by atoms with Crippen LogP contribution in [0.5, 0.6) is 0 Å². The fourth-order valence-electron chi connectivity index (χ4n) is 3.96. The van der Waals surface area contributed by atoms with Crippen LogP contribution in [-0.2, 0) is 5.41 Å². The van der Waals surface area contributed by atoms with E-state index in [0.717, 1.165) is 32.4 Å². The monoisotopic (exact) mass is 332 g/mol. The van der Waals surface area contributed by atoms with Crippen molar-refractivity contribution < 1.29 is 4.39 Å². The fraction of sp³-hybridized carbons (Fsp3) is 0.625. The van der Waals surface area contributed by atoms with Crippen LogP contribution >= 0.6 is 24.8 Å². The molecule has 1 heterocycles. The first-order valence-corrected chi connectivity index (χ1v) is 7.54. The zero-order chi connectivity index (χ0) is 12.9. The van der Waals surface area contributed by atoms with Crippen LogP contribution in [0.15, 0.2) is 18.2 Å². The van der Waals surface area contributed by atoms with E-state index in [-0.39, 0.29) is 36.0 Å². The Morgan fingerprint density at radius 1 is 1.14 bits per heavy atom. The van der Waals surface area contributed by atoms with Gasteiger partial charge in [-0.25, -0.2) is 4.39 Å². The molecule has 118 valence electrons. The van der Waals surface area contributed by atoms with Crippen LogP contribution < -0.4 is 10.6 Å². The molecular weight excluding hydrogens is 310 g/mol. The van der Waals surface area contributed by atoms with Crippen molar-refractivity contribution in [3.63, 3.8) is 0 Å². The van der Waals surface area contributed by atoms with Gasteiger partial charge in [0.15, 0.2) is 0 Å². The summed E-state index contributed by atoms with van der Waals surface area (Å²) in [5.74, 6) is -0.0799. The van der Waals surface area contributed by atoms with E-state index in [4.69, 9.17) is 0 Å². The van der Waals surface area contributed by atoms with Gasteiger partial charge in [-0.3, -0.25) is 0 Å². The smallest absolute Gasteiger partial charge is 0.123 e. The number of hydrogen-bond donors (Lipinski definition) is 2. The highest BCUT2D eigenvalue weighted by Crippen LogP contribution is 2.50. The molecule has 21 heavy (non-hydrogen) atoms. The number of hydrogen-bond acceptors (Lipinski definition) is 2. The average molecular weight is 333 g/mol. The molecule has 0 aromatic heterocycles. The van der Waals surface area contributed by atoms with E-state index < -0.39 is 0 Å². The second kappa shape index (κ2) is 6.41. The third-order valence-corrected chi connectivity index (χ3v) is 5.13. The maximum Gasteiger partial charge on any atom is 0.123 e. The Hall–Kier alpha value is -0.350. The highest BCUT2D eigenvalue weighted by Gasteiger charge is 2.45. The Bertz CT molecular complexity index is 499. The number of benzene rings is 1. The molecule has 5 heteroatoms. The van der Waals surface area contributed by atoms with E-state index in [9.17, 15) is 4.39 Å². The van der Waals surface area contributed by atoms with Crippen LogP contribution in [0.4, 0.5) is 4.39 Å². The summed E-state index contributed by atoms with van der Waals surface area (Å²) in [5, 5.41) is 7.19. The van der Waals surface area contributed by atoms with Gasteiger partial charge in [-0.15, -0.1) is 24.8 Å². The summed E-state index contributed by atoms with van der Waals surface area (Å²) in [6.45, 7) is 2.12. The Labute approximate surface area is 138 Å². The Morgan fingerprint density at radius 2 is 1.86 bits per heavy atom. The normalized spacial score (nSPS) is 25.9. The van der Waals surface area contributed by atoms with Crippen LogP contribution in [0, 0.1) is 5.82 Å². The zero-order valence-electron chi connectivity index (χ0n) is 12.0. The topological polar surface area (TPSA) is 24.1 Å². The van der Waals surface area contributed by atoms with Crippen molar-refractivity contribution in [2.45, 2.75) is 49.6 Å². The summed E-state index contributed by atoms with van der Waals surface area (Å²) in [6.07, 6.45) is 6.06. The fourth-order valence-corrected chi connectivity index (χ4v) is 3.96. The summed E-state index contributed by atoms with van der Waals surface area (Å²) >= 11 is 0. The van der Waals surface area contributed by atoms with Crippen LogP contribution in [0.1, 0.15) is 49.3 Å². The first-order chi connectivity index (χ1) is 9.27. The summed E-state index contributed by atoms with van der Waals surface area (Å²) < 4.78 is 13.7. The van der Waals surface area contributed by atoms with Gasteiger partial charge < -0.3 is 10.6 Å². The van der Waals surface area contributed by atoms with Crippen molar-refractivity contribution >= 4 is 24.8 Å². The van der Waals surface area contributed by atoms with Gasteiger partial charge >= 0.3 is 0 Å². The zero-order valence-corrected chi connectivity index (χ0v) is 13.7. The molecule has 1 aromatic rings. The quantitative estimate of drug-likeness (QED) is 0.866.